The Morgan fingerprint density at radius 1 is 1.14 bits per heavy atom. The summed E-state index contributed by atoms with van der Waals surface area (Å²) >= 11 is 1.12. The number of hydrogen-bond acceptors (Lipinski definition) is 6. The van der Waals surface area contributed by atoms with E-state index >= 15 is 0 Å². The molecule has 0 atom stereocenters. The number of benzene rings is 1. The monoisotopic (exact) mass is 306 g/mol. The molecule has 2 rings (SSSR count). The van der Waals surface area contributed by atoms with Crippen molar-refractivity contribution in [1.29, 1.82) is 0 Å². The molecule has 1 aromatic carbocycles. The zero-order valence-electron chi connectivity index (χ0n) is 12.8. The van der Waals surface area contributed by atoms with E-state index in [0.717, 1.165) is 11.5 Å². The van der Waals surface area contributed by atoms with Gasteiger partial charge in [0.15, 0.2) is 11.5 Å². The molecule has 2 aromatic rings. The topological polar surface area (TPSA) is 61.3 Å². The zero-order chi connectivity index (χ0) is 15.6. The number of methoxy groups -OCH3 is 2. The number of nitrogens with zero attached hydrogens (tertiary/aromatic N) is 2. The number of rotatable bonds is 4. The molecule has 0 aliphatic heterocycles. The van der Waals surface area contributed by atoms with Gasteiger partial charge in [-0.3, -0.25) is 4.79 Å². The lowest BCUT2D eigenvalue weighted by Crippen LogP contribution is -2.16. The molecule has 0 saturated carbocycles. The van der Waals surface area contributed by atoms with E-state index in [4.69, 9.17) is 9.47 Å². The van der Waals surface area contributed by atoms with E-state index in [-0.39, 0.29) is 11.2 Å². The Bertz CT molecular complexity index is 659. The summed E-state index contributed by atoms with van der Waals surface area (Å²) in [7, 11) is 3.10. The highest BCUT2D eigenvalue weighted by Gasteiger charge is 2.27. The van der Waals surface area contributed by atoms with Crippen molar-refractivity contribution >= 4 is 17.3 Å². The van der Waals surface area contributed by atoms with E-state index in [1.165, 1.54) is 0 Å². The highest BCUT2D eigenvalue weighted by Crippen LogP contribution is 2.31. The second-order valence-electron chi connectivity index (χ2n) is 5.60. The average Bonchev–Trinajstić information content (AvgIpc) is 2.95. The Hall–Kier alpha value is -1.95. The van der Waals surface area contributed by atoms with Crippen LogP contribution in [0.25, 0.3) is 0 Å². The first-order valence-electron chi connectivity index (χ1n) is 6.48. The summed E-state index contributed by atoms with van der Waals surface area (Å²) in [5, 5.41) is 4.10. The summed E-state index contributed by atoms with van der Waals surface area (Å²) in [6.45, 7) is 6.03. The molecule has 0 aliphatic rings. The number of carbonyl (C=O) groups is 1. The van der Waals surface area contributed by atoms with Crippen LogP contribution in [-0.4, -0.2) is 29.6 Å². The van der Waals surface area contributed by atoms with Crippen LogP contribution in [0.15, 0.2) is 18.2 Å². The van der Waals surface area contributed by atoms with Crippen molar-refractivity contribution in [1.82, 2.24) is 9.59 Å². The molecular formula is C15H18N2O3S. The third kappa shape index (κ3) is 3.05. The lowest BCUT2D eigenvalue weighted by Gasteiger charge is -2.16. The largest absolute Gasteiger partial charge is 0.493 e. The SMILES string of the molecule is COc1ccc(C(=O)c2snnc2C(C)(C)C)cc1OC. The van der Waals surface area contributed by atoms with E-state index in [1.807, 2.05) is 20.8 Å². The molecule has 112 valence electrons. The van der Waals surface area contributed by atoms with Crippen LogP contribution in [0.1, 0.15) is 41.7 Å². The first-order chi connectivity index (χ1) is 9.88. The quantitative estimate of drug-likeness (QED) is 0.812. The van der Waals surface area contributed by atoms with Crippen LogP contribution in [0, 0.1) is 0 Å². The van der Waals surface area contributed by atoms with Crippen molar-refractivity contribution in [2.75, 3.05) is 14.2 Å². The first kappa shape index (κ1) is 15.4. The van der Waals surface area contributed by atoms with Crippen molar-refractivity contribution in [3.63, 3.8) is 0 Å². The number of carbonyl (C=O) groups excluding carboxylic acids is 1. The van der Waals surface area contributed by atoms with Crippen molar-refractivity contribution in [2.24, 2.45) is 0 Å². The second kappa shape index (κ2) is 5.81. The fourth-order valence-corrected chi connectivity index (χ4v) is 2.78. The van der Waals surface area contributed by atoms with Crippen molar-refractivity contribution in [2.45, 2.75) is 26.2 Å². The van der Waals surface area contributed by atoms with Gasteiger partial charge in [-0.15, -0.1) is 5.10 Å². The van der Waals surface area contributed by atoms with E-state index in [1.54, 1.807) is 32.4 Å². The standard InChI is InChI=1S/C15H18N2O3S/c1-15(2,3)14-13(21-17-16-14)12(18)9-6-7-10(19-4)11(8-9)20-5/h6-8H,1-5H3. The van der Waals surface area contributed by atoms with Gasteiger partial charge in [-0.05, 0) is 29.7 Å². The number of ether oxygens (including phenoxy) is 2. The maximum absolute atomic E-state index is 12.7. The van der Waals surface area contributed by atoms with Gasteiger partial charge in [0.1, 0.15) is 4.88 Å². The highest BCUT2D eigenvalue weighted by molar-refractivity contribution is 7.08. The Morgan fingerprint density at radius 3 is 2.38 bits per heavy atom. The molecular weight excluding hydrogens is 288 g/mol. The molecule has 5 nitrogen and oxygen atoms in total. The van der Waals surface area contributed by atoms with Crippen LogP contribution in [0.3, 0.4) is 0 Å². The van der Waals surface area contributed by atoms with Gasteiger partial charge in [0.05, 0.1) is 19.9 Å². The van der Waals surface area contributed by atoms with E-state index in [9.17, 15) is 4.79 Å². The smallest absolute Gasteiger partial charge is 0.206 e. The number of ketones is 1. The van der Waals surface area contributed by atoms with Gasteiger partial charge in [0.25, 0.3) is 0 Å². The third-order valence-electron chi connectivity index (χ3n) is 3.05. The molecule has 0 spiro atoms. The molecule has 1 aromatic heterocycles. The summed E-state index contributed by atoms with van der Waals surface area (Å²) in [6, 6.07) is 5.11. The molecule has 21 heavy (non-hydrogen) atoms. The predicted octanol–water partition coefficient (Wildman–Crippen LogP) is 3.08. The summed E-state index contributed by atoms with van der Waals surface area (Å²) in [5.41, 5.74) is 1.02. The van der Waals surface area contributed by atoms with Crippen LogP contribution in [0.4, 0.5) is 0 Å². The molecule has 0 unspecified atom stereocenters. The van der Waals surface area contributed by atoms with Crippen molar-refractivity contribution < 1.29 is 14.3 Å². The van der Waals surface area contributed by atoms with Gasteiger partial charge in [0, 0.05) is 11.0 Å². The Labute approximate surface area is 128 Å². The van der Waals surface area contributed by atoms with Crippen molar-refractivity contribution in [3.8, 4) is 11.5 Å². The van der Waals surface area contributed by atoms with Crippen LogP contribution >= 0.6 is 11.5 Å². The molecule has 0 N–H and O–H groups in total. The second-order valence-corrected chi connectivity index (χ2v) is 6.35. The lowest BCUT2D eigenvalue weighted by atomic mass is 9.90. The summed E-state index contributed by atoms with van der Waals surface area (Å²) in [4.78, 5) is 13.2. The first-order valence-corrected chi connectivity index (χ1v) is 7.25. The van der Waals surface area contributed by atoms with E-state index < -0.39 is 0 Å². The molecule has 0 bridgehead atoms. The Morgan fingerprint density at radius 2 is 1.81 bits per heavy atom. The highest BCUT2D eigenvalue weighted by atomic mass is 32.1. The van der Waals surface area contributed by atoms with Gasteiger partial charge in [0.2, 0.25) is 5.78 Å². The molecule has 6 heteroatoms. The molecule has 0 amide bonds. The molecule has 0 radical (unpaired) electrons. The Balaban J connectivity index is 2.44. The predicted molar refractivity (Wildman–Crippen MR) is 81.6 cm³/mol. The normalized spacial score (nSPS) is 11.3. The van der Waals surface area contributed by atoms with Gasteiger partial charge in [-0.25, -0.2) is 0 Å². The summed E-state index contributed by atoms with van der Waals surface area (Å²) in [6.07, 6.45) is 0. The van der Waals surface area contributed by atoms with Gasteiger partial charge >= 0.3 is 0 Å². The van der Waals surface area contributed by atoms with E-state index in [0.29, 0.717) is 27.6 Å². The molecule has 0 saturated heterocycles. The summed E-state index contributed by atoms with van der Waals surface area (Å²) < 4.78 is 14.3. The van der Waals surface area contributed by atoms with Crippen LogP contribution < -0.4 is 9.47 Å². The van der Waals surface area contributed by atoms with Crippen LogP contribution in [0.5, 0.6) is 11.5 Å². The fourth-order valence-electron chi connectivity index (χ4n) is 1.94. The summed E-state index contributed by atoms with van der Waals surface area (Å²) in [5.74, 6) is 1.02. The van der Waals surface area contributed by atoms with Crippen LogP contribution in [0.2, 0.25) is 0 Å². The molecule has 0 aliphatic carbocycles. The third-order valence-corrected chi connectivity index (χ3v) is 3.77. The molecule has 1 heterocycles. The minimum atomic E-state index is -0.228. The van der Waals surface area contributed by atoms with Gasteiger partial charge in [-0.2, -0.15) is 0 Å². The van der Waals surface area contributed by atoms with E-state index in [2.05, 4.69) is 9.59 Å². The van der Waals surface area contributed by atoms with Crippen molar-refractivity contribution in [3.05, 3.63) is 34.3 Å². The maximum atomic E-state index is 12.7. The number of aromatic nitrogens is 2. The maximum Gasteiger partial charge on any atom is 0.206 e. The minimum absolute atomic E-state index is 0.101. The van der Waals surface area contributed by atoms with Crippen LogP contribution in [-0.2, 0) is 5.41 Å². The van der Waals surface area contributed by atoms with Gasteiger partial charge < -0.3 is 9.47 Å². The average molecular weight is 306 g/mol. The molecule has 0 fully saturated rings. The Kier molecular flexibility index (Phi) is 4.27. The fraction of sp³-hybridized carbons (Fsp3) is 0.400. The van der Waals surface area contributed by atoms with Gasteiger partial charge in [-0.1, -0.05) is 25.3 Å². The number of hydrogen-bond donors (Lipinski definition) is 0. The minimum Gasteiger partial charge on any atom is -0.493 e. The zero-order valence-corrected chi connectivity index (χ0v) is 13.6. The lowest BCUT2D eigenvalue weighted by molar-refractivity contribution is 0.104.